The number of fused-ring (bicyclic) bond motifs is 1. The van der Waals surface area contributed by atoms with Gasteiger partial charge in [0.05, 0.1) is 11.4 Å². The van der Waals surface area contributed by atoms with Crippen LogP contribution in [-0.2, 0) is 13.5 Å². The highest BCUT2D eigenvalue weighted by Crippen LogP contribution is 2.30. The molecule has 0 aliphatic rings. The van der Waals surface area contributed by atoms with Crippen LogP contribution in [0.5, 0.6) is 0 Å². The summed E-state index contributed by atoms with van der Waals surface area (Å²) in [7, 11) is 2.06. The number of aromatic nitrogens is 3. The first kappa shape index (κ1) is 13.1. The van der Waals surface area contributed by atoms with Crippen LogP contribution in [0.2, 0.25) is 0 Å². The molecule has 2 heterocycles. The Morgan fingerprint density at radius 2 is 1.83 bits per heavy atom. The fourth-order valence-corrected chi connectivity index (χ4v) is 2.67. The fraction of sp³-hybridized carbons (Fsp3) is 0.600. The van der Waals surface area contributed by atoms with Gasteiger partial charge in [-0.1, -0.05) is 20.8 Å². The normalized spacial score (nSPS) is 11.7. The maximum atomic E-state index is 4.85. The molecule has 2 aromatic rings. The van der Waals surface area contributed by atoms with Gasteiger partial charge in [0.1, 0.15) is 5.52 Å². The van der Waals surface area contributed by atoms with Crippen molar-refractivity contribution in [3.63, 3.8) is 0 Å². The summed E-state index contributed by atoms with van der Waals surface area (Å²) in [5.41, 5.74) is 5.67. The molecule has 2 aromatic heterocycles. The summed E-state index contributed by atoms with van der Waals surface area (Å²) in [5, 5.41) is 0. The Morgan fingerprint density at radius 3 is 2.39 bits per heavy atom. The number of hydrogen-bond acceptors (Lipinski definition) is 2. The first-order valence-electron chi connectivity index (χ1n) is 6.94. The van der Waals surface area contributed by atoms with Crippen molar-refractivity contribution in [3.8, 4) is 0 Å². The van der Waals surface area contributed by atoms with Crippen molar-refractivity contribution in [2.24, 2.45) is 7.05 Å². The Bertz CT molecular complexity index is 550. The molecule has 0 atom stereocenters. The van der Waals surface area contributed by atoms with Gasteiger partial charge in [0, 0.05) is 18.8 Å². The molecule has 98 valence electrons. The van der Waals surface area contributed by atoms with Gasteiger partial charge in [0.15, 0.2) is 5.65 Å². The van der Waals surface area contributed by atoms with E-state index in [1.165, 1.54) is 5.56 Å². The molecule has 0 unspecified atom stereocenters. The van der Waals surface area contributed by atoms with Gasteiger partial charge in [0.25, 0.3) is 0 Å². The van der Waals surface area contributed by atoms with Crippen molar-refractivity contribution in [3.05, 3.63) is 23.1 Å². The lowest BCUT2D eigenvalue weighted by atomic mass is 9.96. The molecule has 0 aliphatic heterocycles. The van der Waals surface area contributed by atoms with E-state index in [0.29, 0.717) is 5.92 Å². The number of nitrogens with zero attached hydrogens (tertiary/aromatic N) is 3. The highest BCUT2D eigenvalue weighted by molar-refractivity contribution is 5.77. The van der Waals surface area contributed by atoms with Crippen molar-refractivity contribution in [1.82, 2.24) is 14.5 Å². The number of hydrogen-bond donors (Lipinski definition) is 0. The van der Waals surface area contributed by atoms with Gasteiger partial charge in [0.2, 0.25) is 0 Å². The summed E-state index contributed by atoms with van der Waals surface area (Å²) >= 11 is 0. The molecule has 0 radical (unpaired) electrons. The molecule has 0 amide bonds. The van der Waals surface area contributed by atoms with Gasteiger partial charge in [-0.2, -0.15) is 0 Å². The average molecular weight is 245 g/mol. The van der Waals surface area contributed by atoms with Gasteiger partial charge >= 0.3 is 0 Å². The third-order valence-electron chi connectivity index (χ3n) is 3.85. The smallest absolute Gasteiger partial charge is 0.158 e. The predicted octanol–water partition coefficient (Wildman–Crippen LogP) is 3.74. The summed E-state index contributed by atoms with van der Waals surface area (Å²) in [6, 6.07) is 0. The van der Waals surface area contributed by atoms with Crippen LogP contribution in [0.1, 0.15) is 56.5 Å². The predicted molar refractivity (Wildman–Crippen MR) is 75.9 cm³/mol. The maximum Gasteiger partial charge on any atom is 0.158 e. The van der Waals surface area contributed by atoms with Gasteiger partial charge < -0.3 is 4.57 Å². The molecule has 18 heavy (non-hydrogen) atoms. The van der Waals surface area contributed by atoms with Crippen LogP contribution in [0.25, 0.3) is 11.2 Å². The summed E-state index contributed by atoms with van der Waals surface area (Å²) in [4.78, 5) is 9.57. The second-order valence-corrected chi connectivity index (χ2v) is 4.99. The number of aryl methyl sites for hydroxylation is 3. The second kappa shape index (κ2) is 5.09. The van der Waals surface area contributed by atoms with Crippen LogP contribution >= 0.6 is 0 Å². The van der Waals surface area contributed by atoms with E-state index in [9.17, 15) is 0 Å². The van der Waals surface area contributed by atoms with E-state index in [4.69, 9.17) is 9.97 Å². The minimum atomic E-state index is 0.593. The molecular formula is C15H23N3. The van der Waals surface area contributed by atoms with Crippen molar-refractivity contribution in [2.75, 3.05) is 0 Å². The molecule has 0 aliphatic carbocycles. The van der Waals surface area contributed by atoms with E-state index in [0.717, 1.165) is 41.8 Å². The van der Waals surface area contributed by atoms with E-state index in [1.54, 1.807) is 0 Å². The second-order valence-electron chi connectivity index (χ2n) is 4.99. The Kier molecular flexibility index (Phi) is 3.69. The zero-order chi connectivity index (χ0) is 13.3. The molecule has 0 spiro atoms. The van der Waals surface area contributed by atoms with Crippen LogP contribution in [-0.4, -0.2) is 14.5 Å². The van der Waals surface area contributed by atoms with Gasteiger partial charge in [-0.15, -0.1) is 0 Å². The zero-order valence-corrected chi connectivity index (χ0v) is 12.1. The van der Waals surface area contributed by atoms with Crippen molar-refractivity contribution in [2.45, 2.75) is 52.9 Å². The highest BCUT2D eigenvalue weighted by Gasteiger charge is 2.17. The maximum absolute atomic E-state index is 4.85. The minimum absolute atomic E-state index is 0.593. The molecule has 3 nitrogen and oxygen atoms in total. The van der Waals surface area contributed by atoms with Crippen LogP contribution in [0, 0.1) is 6.92 Å². The van der Waals surface area contributed by atoms with Crippen molar-refractivity contribution >= 4 is 11.2 Å². The largest absolute Gasteiger partial charge is 0.334 e. The van der Waals surface area contributed by atoms with E-state index in [1.807, 2.05) is 0 Å². The van der Waals surface area contributed by atoms with E-state index in [-0.39, 0.29) is 0 Å². The Labute approximate surface area is 109 Å². The molecule has 0 aromatic carbocycles. The Morgan fingerprint density at radius 1 is 1.17 bits per heavy atom. The van der Waals surface area contributed by atoms with Crippen molar-refractivity contribution in [1.29, 1.82) is 0 Å². The molecular weight excluding hydrogens is 222 g/mol. The first-order valence-corrected chi connectivity index (χ1v) is 6.94. The third kappa shape index (κ3) is 2.02. The highest BCUT2D eigenvalue weighted by atomic mass is 15.0. The van der Waals surface area contributed by atoms with Gasteiger partial charge in [-0.3, -0.25) is 0 Å². The lowest BCUT2D eigenvalue weighted by Gasteiger charge is -2.10. The number of rotatable bonds is 4. The van der Waals surface area contributed by atoms with Gasteiger partial charge in [-0.05, 0) is 32.1 Å². The van der Waals surface area contributed by atoms with E-state index < -0.39 is 0 Å². The average Bonchev–Trinajstić information content (AvgIpc) is 2.67. The van der Waals surface area contributed by atoms with E-state index >= 15 is 0 Å². The van der Waals surface area contributed by atoms with Crippen LogP contribution in [0.3, 0.4) is 0 Å². The van der Waals surface area contributed by atoms with E-state index in [2.05, 4.69) is 45.5 Å². The van der Waals surface area contributed by atoms with Crippen LogP contribution in [0.15, 0.2) is 6.20 Å². The SMILES string of the molecule is CCc1nc2c(C(CC)CC)cn(C)c2nc1C. The minimum Gasteiger partial charge on any atom is -0.334 e. The lowest BCUT2D eigenvalue weighted by molar-refractivity contribution is 0.643. The summed E-state index contributed by atoms with van der Waals surface area (Å²) in [5.74, 6) is 0.593. The summed E-state index contributed by atoms with van der Waals surface area (Å²) in [6.45, 7) is 8.68. The molecule has 0 saturated heterocycles. The first-order chi connectivity index (χ1) is 8.62. The van der Waals surface area contributed by atoms with Crippen molar-refractivity contribution < 1.29 is 0 Å². The summed E-state index contributed by atoms with van der Waals surface area (Å²) in [6.07, 6.45) is 5.48. The Balaban J connectivity index is 2.68. The fourth-order valence-electron chi connectivity index (χ4n) is 2.67. The molecule has 0 fully saturated rings. The van der Waals surface area contributed by atoms with Crippen LogP contribution < -0.4 is 0 Å². The summed E-state index contributed by atoms with van der Waals surface area (Å²) < 4.78 is 2.11. The van der Waals surface area contributed by atoms with Crippen LogP contribution in [0.4, 0.5) is 0 Å². The quantitative estimate of drug-likeness (QED) is 0.821. The Hall–Kier alpha value is -1.38. The lowest BCUT2D eigenvalue weighted by Crippen LogP contribution is -2.00. The third-order valence-corrected chi connectivity index (χ3v) is 3.85. The molecule has 2 rings (SSSR count). The topological polar surface area (TPSA) is 30.7 Å². The van der Waals surface area contributed by atoms with Gasteiger partial charge in [-0.25, -0.2) is 9.97 Å². The monoisotopic (exact) mass is 245 g/mol. The molecule has 3 heteroatoms. The molecule has 0 N–H and O–H groups in total. The molecule has 0 saturated carbocycles. The standard InChI is InChI=1S/C15H23N3/c1-6-11(7-2)12-9-18(5)15-14(12)17-13(8-3)10(4)16-15/h9,11H,6-8H2,1-5H3. The molecule has 0 bridgehead atoms. The zero-order valence-electron chi connectivity index (χ0n) is 12.1.